The second-order valence-corrected chi connectivity index (χ2v) is 8.10. The van der Waals surface area contributed by atoms with E-state index < -0.39 is 0 Å². The molecule has 1 aromatic carbocycles. The molecule has 0 saturated carbocycles. The van der Waals surface area contributed by atoms with E-state index in [0.29, 0.717) is 23.4 Å². The van der Waals surface area contributed by atoms with E-state index in [2.05, 4.69) is 59.8 Å². The van der Waals surface area contributed by atoms with Crippen LogP contribution in [0.4, 0.5) is 5.13 Å². The Labute approximate surface area is 153 Å². The maximum atomic E-state index is 12.3. The summed E-state index contributed by atoms with van der Waals surface area (Å²) in [5.74, 6) is 0.987. The molecule has 2 heterocycles. The molecule has 0 bridgehead atoms. The predicted molar refractivity (Wildman–Crippen MR) is 103 cm³/mol. The summed E-state index contributed by atoms with van der Waals surface area (Å²) in [6.45, 7) is 8.42. The van der Waals surface area contributed by atoms with Crippen LogP contribution in [0.2, 0.25) is 0 Å². The smallest absolute Gasteiger partial charge is 0.226 e. The van der Waals surface area contributed by atoms with Gasteiger partial charge in [-0.2, -0.15) is 0 Å². The molecule has 2 atom stereocenters. The second kappa shape index (κ2) is 8.06. The molecule has 6 heteroatoms. The first kappa shape index (κ1) is 18.0. The predicted octanol–water partition coefficient (Wildman–Crippen LogP) is 3.79. The molecule has 1 amide bonds. The summed E-state index contributed by atoms with van der Waals surface area (Å²) in [7, 11) is 0. The average Bonchev–Trinajstić information content (AvgIpc) is 3.03. The minimum Gasteiger partial charge on any atom is -0.316 e. The molecule has 0 aliphatic carbocycles. The maximum absolute atomic E-state index is 12.3. The zero-order valence-electron chi connectivity index (χ0n) is 15.1. The van der Waals surface area contributed by atoms with E-state index in [1.54, 1.807) is 0 Å². The van der Waals surface area contributed by atoms with Crippen molar-refractivity contribution >= 4 is 22.4 Å². The van der Waals surface area contributed by atoms with Gasteiger partial charge in [0.2, 0.25) is 11.0 Å². The van der Waals surface area contributed by atoms with Crippen LogP contribution in [-0.2, 0) is 4.79 Å². The highest BCUT2D eigenvalue weighted by molar-refractivity contribution is 7.18. The van der Waals surface area contributed by atoms with Crippen molar-refractivity contribution in [3.8, 4) is 10.6 Å². The number of aryl methyl sites for hydroxylation is 2. The molecule has 1 aliphatic rings. The number of hydrogen-bond donors (Lipinski definition) is 2. The number of piperidine rings is 1. The lowest BCUT2D eigenvalue weighted by Gasteiger charge is -2.27. The molecular formula is C19H26N4OS. The summed E-state index contributed by atoms with van der Waals surface area (Å²) in [4.78, 5) is 12.3. The fraction of sp³-hybridized carbons (Fsp3) is 0.526. The van der Waals surface area contributed by atoms with Crippen molar-refractivity contribution in [2.75, 3.05) is 18.4 Å². The first-order valence-electron chi connectivity index (χ1n) is 8.94. The number of benzene rings is 1. The zero-order valence-corrected chi connectivity index (χ0v) is 15.9. The maximum Gasteiger partial charge on any atom is 0.226 e. The minimum atomic E-state index is 0.0289. The van der Waals surface area contributed by atoms with E-state index in [0.717, 1.165) is 23.7 Å². The van der Waals surface area contributed by atoms with Gasteiger partial charge >= 0.3 is 0 Å². The van der Waals surface area contributed by atoms with Gasteiger partial charge in [-0.15, -0.1) is 10.2 Å². The Balaban J connectivity index is 1.59. The number of nitrogens with zero attached hydrogens (tertiary/aromatic N) is 2. The monoisotopic (exact) mass is 358 g/mol. The van der Waals surface area contributed by atoms with Gasteiger partial charge in [0.1, 0.15) is 5.01 Å². The Kier molecular flexibility index (Phi) is 5.81. The van der Waals surface area contributed by atoms with Gasteiger partial charge < -0.3 is 10.6 Å². The fourth-order valence-electron chi connectivity index (χ4n) is 3.48. The molecule has 1 aromatic heterocycles. The quantitative estimate of drug-likeness (QED) is 0.853. The normalized spacial score (nSPS) is 18.8. The van der Waals surface area contributed by atoms with Crippen LogP contribution in [0, 0.1) is 25.7 Å². The molecule has 1 fully saturated rings. The molecule has 3 rings (SSSR count). The summed E-state index contributed by atoms with van der Waals surface area (Å²) in [5.41, 5.74) is 3.45. The van der Waals surface area contributed by atoms with Gasteiger partial charge in [-0.1, -0.05) is 35.5 Å². The Hall–Kier alpha value is -1.79. The SMILES string of the molecule is Cc1cc(C)cc(-c2nnc(NC(=O)CC(C)C3CCCNC3)s2)c1. The Morgan fingerprint density at radius 2 is 2.08 bits per heavy atom. The van der Waals surface area contributed by atoms with E-state index >= 15 is 0 Å². The van der Waals surface area contributed by atoms with Crippen LogP contribution in [-0.4, -0.2) is 29.2 Å². The van der Waals surface area contributed by atoms with Crippen molar-refractivity contribution in [1.82, 2.24) is 15.5 Å². The molecule has 2 N–H and O–H groups in total. The summed E-state index contributed by atoms with van der Waals surface area (Å²) >= 11 is 1.43. The standard InChI is InChI=1S/C19H26N4OS/c1-12-7-13(2)9-16(8-12)18-22-23-19(25-18)21-17(24)10-14(3)15-5-4-6-20-11-15/h7-9,14-15,20H,4-6,10-11H2,1-3H3,(H,21,23,24). The van der Waals surface area contributed by atoms with Gasteiger partial charge in [-0.05, 0) is 63.7 Å². The highest BCUT2D eigenvalue weighted by Crippen LogP contribution is 2.28. The van der Waals surface area contributed by atoms with Gasteiger partial charge in [-0.25, -0.2) is 0 Å². The van der Waals surface area contributed by atoms with Gasteiger partial charge in [0.25, 0.3) is 0 Å². The molecule has 1 aliphatic heterocycles. The number of aromatic nitrogens is 2. The van der Waals surface area contributed by atoms with Crippen molar-refractivity contribution in [2.24, 2.45) is 11.8 Å². The number of carbonyl (C=O) groups is 1. The van der Waals surface area contributed by atoms with Crippen LogP contribution in [0.1, 0.15) is 37.3 Å². The molecule has 0 spiro atoms. The lowest BCUT2D eigenvalue weighted by molar-refractivity contribution is -0.117. The van der Waals surface area contributed by atoms with Gasteiger partial charge in [0, 0.05) is 12.0 Å². The Morgan fingerprint density at radius 1 is 1.32 bits per heavy atom. The number of hydrogen-bond acceptors (Lipinski definition) is 5. The summed E-state index contributed by atoms with van der Waals surface area (Å²) in [5, 5.41) is 16.1. The topological polar surface area (TPSA) is 66.9 Å². The van der Waals surface area contributed by atoms with E-state index in [1.807, 2.05) is 0 Å². The number of amides is 1. The number of nitrogens with one attached hydrogen (secondary N) is 2. The molecule has 134 valence electrons. The minimum absolute atomic E-state index is 0.0289. The summed E-state index contributed by atoms with van der Waals surface area (Å²) < 4.78 is 0. The van der Waals surface area contributed by atoms with Crippen molar-refractivity contribution in [3.05, 3.63) is 29.3 Å². The summed E-state index contributed by atoms with van der Waals surface area (Å²) in [6.07, 6.45) is 2.94. The third-order valence-electron chi connectivity index (χ3n) is 4.79. The highest BCUT2D eigenvalue weighted by Gasteiger charge is 2.22. The van der Waals surface area contributed by atoms with Crippen LogP contribution in [0.25, 0.3) is 10.6 Å². The Bertz CT molecular complexity index is 717. The first-order valence-corrected chi connectivity index (χ1v) is 9.75. The van der Waals surface area contributed by atoms with Crippen LogP contribution in [0.3, 0.4) is 0 Å². The van der Waals surface area contributed by atoms with Crippen molar-refractivity contribution in [3.63, 3.8) is 0 Å². The fourth-order valence-corrected chi connectivity index (χ4v) is 4.23. The summed E-state index contributed by atoms with van der Waals surface area (Å²) in [6, 6.07) is 6.32. The molecule has 1 saturated heterocycles. The van der Waals surface area contributed by atoms with Crippen LogP contribution in [0.5, 0.6) is 0 Å². The van der Waals surface area contributed by atoms with Gasteiger partial charge in [0.15, 0.2) is 0 Å². The lowest BCUT2D eigenvalue weighted by Crippen LogP contribution is -2.34. The largest absolute Gasteiger partial charge is 0.316 e. The highest BCUT2D eigenvalue weighted by atomic mass is 32.1. The molecule has 2 unspecified atom stereocenters. The molecule has 0 radical (unpaired) electrons. The number of anilines is 1. The van der Waals surface area contributed by atoms with Crippen LogP contribution in [0.15, 0.2) is 18.2 Å². The van der Waals surface area contributed by atoms with E-state index in [1.165, 1.54) is 35.3 Å². The number of rotatable bonds is 5. The molecule has 2 aromatic rings. The second-order valence-electron chi connectivity index (χ2n) is 7.12. The van der Waals surface area contributed by atoms with E-state index in [-0.39, 0.29) is 5.91 Å². The molecule has 5 nitrogen and oxygen atoms in total. The van der Waals surface area contributed by atoms with Gasteiger partial charge in [0.05, 0.1) is 0 Å². The average molecular weight is 359 g/mol. The van der Waals surface area contributed by atoms with Gasteiger partial charge in [-0.3, -0.25) is 4.79 Å². The van der Waals surface area contributed by atoms with Crippen molar-refractivity contribution in [1.29, 1.82) is 0 Å². The zero-order chi connectivity index (χ0) is 17.8. The van der Waals surface area contributed by atoms with E-state index in [4.69, 9.17) is 0 Å². The third-order valence-corrected chi connectivity index (χ3v) is 5.67. The number of carbonyl (C=O) groups excluding carboxylic acids is 1. The first-order chi connectivity index (χ1) is 12.0. The van der Waals surface area contributed by atoms with Crippen molar-refractivity contribution in [2.45, 2.75) is 40.0 Å². The van der Waals surface area contributed by atoms with Crippen LogP contribution >= 0.6 is 11.3 Å². The third kappa shape index (κ3) is 4.86. The molecule has 25 heavy (non-hydrogen) atoms. The van der Waals surface area contributed by atoms with E-state index in [9.17, 15) is 4.79 Å². The Morgan fingerprint density at radius 3 is 2.76 bits per heavy atom. The molecular weight excluding hydrogens is 332 g/mol. The van der Waals surface area contributed by atoms with Crippen LogP contribution < -0.4 is 10.6 Å². The lowest BCUT2D eigenvalue weighted by atomic mass is 9.85. The van der Waals surface area contributed by atoms with Crippen molar-refractivity contribution < 1.29 is 4.79 Å².